The van der Waals surface area contributed by atoms with Crippen molar-refractivity contribution < 1.29 is 23.5 Å². The number of primary amides is 1. The van der Waals surface area contributed by atoms with Crippen LogP contribution < -0.4 is 10.6 Å². The number of halogens is 5. The van der Waals surface area contributed by atoms with Crippen LogP contribution in [0.2, 0.25) is 5.15 Å². The van der Waals surface area contributed by atoms with Gasteiger partial charge in [-0.25, -0.2) is 23.9 Å². The number of nitrogens with two attached hydrogens (primary N) is 1. The number of alkyl halides is 3. The number of rotatable bonds is 3. The summed E-state index contributed by atoms with van der Waals surface area (Å²) in [7, 11) is 0. The number of urea groups is 1. The van der Waals surface area contributed by atoms with Gasteiger partial charge in [-0.05, 0) is 6.92 Å². The molecule has 1 aromatic rings. The van der Waals surface area contributed by atoms with Crippen LogP contribution in [0.3, 0.4) is 0 Å². The average Bonchev–Trinajstić information content (AvgIpc) is 2.42. The number of imide groups is 1. The molecule has 0 aromatic carbocycles. The highest BCUT2D eigenvalue weighted by Gasteiger charge is 2.41. The number of esters is 1. The zero-order valence-electron chi connectivity index (χ0n) is 11.3. The topological polar surface area (TPSA) is 103 Å². The molecular formula is C11H8Cl4FN3O4. The number of nitrogens with zero attached hydrogens (tertiary/aromatic N) is 2. The van der Waals surface area contributed by atoms with E-state index in [4.69, 9.17) is 52.1 Å². The van der Waals surface area contributed by atoms with E-state index in [0.29, 0.717) is 0 Å². The molecule has 0 radical (unpaired) electrons. The summed E-state index contributed by atoms with van der Waals surface area (Å²) in [6.07, 6.45) is 0.792. The van der Waals surface area contributed by atoms with Crippen molar-refractivity contribution in [2.45, 2.75) is 10.7 Å². The van der Waals surface area contributed by atoms with E-state index in [9.17, 15) is 18.8 Å². The van der Waals surface area contributed by atoms with Crippen LogP contribution >= 0.6 is 46.4 Å². The Labute approximate surface area is 149 Å². The quantitative estimate of drug-likeness (QED) is 0.472. The van der Waals surface area contributed by atoms with E-state index in [1.807, 2.05) is 0 Å². The average molecular weight is 407 g/mol. The standard InChI is InChI=1S/C11H8Cl4FN3O4/c1-2-23-8(20)4-3-18-7(12)5(16)6(4)19(10(17)22)9(21)11(13,14)15/h3H,2H2,1H3,(H2,17,22). The summed E-state index contributed by atoms with van der Waals surface area (Å²) in [5, 5.41) is -0.739. The zero-order chi connectivity index (χ0) is 17.9. The van der Waals surface area contributed by atoms with E-state index in [2.05, 4.69) is 9.72 Å². The SMILES string of the molecule is CCOC(=O)c1cnc(Cl)c(F)c1N(C(N)=O)C(=O)C(Cl)(Cl)Cl. The molecule has 1 rings (SSSR count). The molecule has 23 heavy (non-hydrogen) atoms. The van der Waals surface area contributed by atoms with Crippen LogP contribution in [0, 0.1) is 5.82 Å². The lowest BCUT2D eigenvalue weighted by molar-refractivity contribution is -0.117. The van der Waals surface area contributed by atoms with Gasteiger partial charge in [0.15, 0.2) is 11.0 Å². The summed E-state index contributed by atoms with van der Waals surface area (Å²) in [5.41, 5.74) is 3.51. The Morgan fingerprint density at radius 2 is 1.96 bits per heavy atom. The van der Waals surface area contributed by atoms with Gasteiger partial charge in [0.25, 0.3) is 9.70 Å². The number of hydrogen-bond acceptors (Lipinski definition) is 5. The molecule has 0 saturated heterocycles. The smallest absolute Gasteiger partial charge is 0.341 e. The number of carbonyl (C=O) groups is 3. The van der Waals surface area contributed by atoms with Crippen molar-refractivity contribution in [2.75, 3.05) is 11.5 Å². The van der Waals surface area contributed by atoms with Crippen LogP contribution in [0.1, 0.15) is 17.3 Å². The summed E-state index contributed by atoms with van der Waals surface area (Å²) in [5.74, 6) is -3.99. The molecule has 2 N–H and O–H groups in total. The first-order valence-electron chi connectivity index (χ1n) is 5.74. The molecule has 3 amide bonds. The number of pyridine rings is 1. The highest BCUT2D eigenvalue weighted by atomic mass is 35.6. The Bertz CT molecular complexity index is 665. The van der Waals surface area contributed by atoms with Gasteiger partial charge in [0, 0.05) is 6.20 Å². The van der Waals surface area contributed by atoms with Gasteiger partial charge >= 0.3 is 12.0 Å². The van der Waals surface area contributed by atoms with Gasteiger partial charge in [-0.2, -0.15) is 0 Å². The Morgan fingerprint density at radius 1 is 1.39 bits per heavy atom. The second-order valence-corrected chi connectivity index (χ2v) is 6.46. The lowest BCUT2D eigenvalue weighted by atomic mass is 10.2. The third-order valence-electron chi connectivity index (χ3n) is 2.34. The maximum Gasteiger partial charge on any atom is 0.341 e. The normalized spacial score (nSPS) is 11.0. The lowest BCUT2D eigenvalue weighted by Crippen LogP contribution is -2.47. The van der Waals surface area contributed by atoms with Gasteiger partial charge in [-0.15, -0.1) is 0 Å². The number of carbonyl (C=O) groups excluding carboxylic acids is 3. The van der Waals surface area contributed by atoms with Crippen molar-refractivity contribution in [3.05, 3.63) is 22.7 Å². The maximum absolute atomic E-state index is 14.3. The van der Waals surface area contributed by atoms with Crippen LogP contribution in [0.5, 0.6) is 0 Å². The van der Waals surface area contributed by atoms with Crippen LogP contribution in [0.4, 0.5) is 14.9 Å². The monoisotopic (exact) mass is 405 g/mol. The Hall–Kier alpha value is -1.35. The molecule has 0 bridgehead atoms. The third-order valence-corrected chi connectivity index (χ3v) is 3.08. The van der Waals surface area contributed by atoms with Crippen LogP contribution in [-0.4, -0.2) is 33.3 Å². The van der Waals surface area contributed by atoms with Crippen molar-refractivity contribution in [3.63, 3.8) is 0 Å². The molecule has 1 aromatic heterocycles. The van der Waals surface area contributed by atoms with Crippen molar-refractivity contribution in [3.8, 4) is 0 Å². The largest absolute Gasteiger partial charge is 0.462 e. The summed E-state index contributed by atoms with van der Waals surface area (Å²) in [6, 6.07) is -1.51. The highest BCUT2D eigenvalue weighted by molar-refractivity contribution is 6.77. The summed E-state index contributed by atoms with van der Waals surface area (Å²) in [4.78, 5) is 38.9. The number of hydrogen-bond donors (Lipinski definition) is 1. The van der Waals surface area contributed by atoms with Gasteiger partial charge in [0.1, 0.15) is 11.3 Å². The molecule has 1 heterocycles. The van der Waals surface area contributed by atoms with Crippen LogP contribution in [-0.2, 0) is 9.53 Å². The van der Waals surface area contributed by atoms with Crippen molar-refractivity contribution >= 4 is 70.0 Å². The van der Waals surface area contributed by atoms with Gasteiger partial charge in [-0.1, -0.05) is 46.4 Å². The molecule has 0 atom stereocenters. The van der Waals surface area contributed by atoms with Crippen molar-refractivity contribution in [1.82, 2.24) is 4.98 Å². The van der Waals surface area contributed by atoms with Gasteiger partial charge in [0.2, 0.25) is 0 Å². The second kappa shape index (κ2) is 7.48. The molecule has 126 valence electrons. The van der Waals surface area contributed by atoms with E-state index in [1.165, 1.54) is 6.92 Å². The predicted octanol–water partition coefficient (Wildman–Crippen LogP) is 2.83. The molecule has 12 heteroatoms. The van der Waals surface area contributed by atoms with Crippen LogP contribution in [0.15, 0.2) is 6.20 Å². The number of amides is 3. The maximum atomic E-state index is 14.3. The predicted molar refractivity (Wildman–Crippen MR) is 82.5 cm³/mol. The number of aromatic nitrogens is 1. The molecule has 0 fully saturated rings. The first-order valence-corrected chi connectivity index (χ1v) is 7.25. The van der Waals surface area contributed by atoms with Gasteiger partial charge in [-0.3, -0.25) is 4.79 Å². The van der Waals surface area contributed by atoms with E-state index in [0.717, 1.165) is 6.20 Å². The summed E-state index contributed by atoms with van der Waals surface area (Å²) < 4.78 is 16.3. The van der Waals surface area contributed by atoms with E-state index < -0.39 is 43.9 Å². The Morgan fingerprint density at radius 3 is 2.39 bits per heavy atom. The molecule has 0 saturated carbocycles. The fraction of sp³-hybridized carbons (Fsp3) is 0.273. The minimum Gasteiger partial charge on any atom is -0.462 e. The van der Waals surface area contributed by atoms with E-state index in [-0.39, 0.29) is 11.5 Å². The summed E-state index contributed by atoms with van der Waals surface area (Å²) in [6.45, 7) is 1.41. The van der Waals surface area contributed by atoms with Crippen LogP contribution in [0.25, 0.3) is 0 Å². The first kappa shape index (κ1) is 19.7. The molecule has 0 unspecified atom stereocenters. The minimum atomic E-state index is -2.65. The fourth-order valence-corrected chi connectivity index (χ4v) is 1.86. The zero-order valence-corrected chi connectivity index (χ0v) is 14.3. The molecule has 0 aliphatic carbocycles. The third kappa shape index (κ3) is 4.35. The van der Waals surface area contributed by atoms with Crippen molar-refractivity contribution in [2.24, 2.45) is 5.73 Å². The highest BCUT2D eigenvalue weighted by Crippen LogP contribution is 2.35. The lowest BCUT2D eigenvalue weighted by Gasteiger charge is -2.24. The Balaban J connectivity index is 3.64. The second-order valence-electron chi connectivity index (χ2n) is 3.82. The van der Waals surface area contributed by atoms with Gasteiger partial charge < -0.3 is 10.5 Å². The molecular weight excluding hydrogens is 399 g/mol. The summed E-state index contributed by atoms with van der Waals surface area (Å²) >= 11 is 21.7. The molecule has 7 nitrogen and oxygen atoms in total. The minimum absolute atomic E-state index is 0.0256. The number of ether oxygens (including phenoxy) is 1. The fourth-order valence-electron chi connectivity index (χ4n) is 1.47. The first-order chi connectivity index (χ1) is 10.5. The molecule has 0 spiro atoms. The van der Waals surface area contributed by atoms with E-state index in [1.54, 1.807) is 0 Å². The van der Waals surface area contributed by atoms with E-state index >= 15 is 0 Å². The van der Waals surface area contributed by atoms with Crippen molar-refractivity contribution in [1.29, 1.82) is 0 Å². The Kier molecular flexibility index (Phi) is 6.41. The molecule has 0 aliphatic rings. The molecule has 0 aliphatic heterocycles. The number of anilines is 1. The van der Waals surface area contributed by atoms with Gasteiger partial charge in [0.05, 0.1) is 6.61 Å².